The van der Waals surface area contributed by atoms with E-state index in [2.05, 4.69) is 25.5 Å². The summed E-state index contributed by atoms with van der Waals surface area (Å²) in [7, 11) is 1.80. The second kappa shape index (κ2) is 4.28. The molecule has 0 unspecified atom stereocenters. The zero-order valence-electron chi connectivity index (χ0n) is 9.80. The number of nitrogens with zero attached hydrogens (tertiary/aromatic N) is 5. The Kier molecular flexibility index (Phi) is 2.82. The minimum atomic E-state index is -0.391. The second-order valence-corrected chi connectivity index (χ2v) is 3.75. The van der Waals surface area contributed by atoms with Crippen molar-refractivity contribution in [1.82, 2.24) is 24.9 Å². The number of hydrazone groups is 1. The molecule has 0 saturated carbocycles. The minimum Gasteiger partial charge on any atom is -0.318 e. The van der Waals surface area contributed by atoms with Crippen LogP contribution in [0.25, 0.3) is 11.2 Å². The topological polar surface area (TPSA) is 85.1 Å². The van der Waals surface area contributed by atoms with Gasteiger partial charge in [0.2, 0.25) is 0 Å². The summed E-state index contributed by atoms with van der Waals surface area (Å²) in [4.78, 5) is 23.9. The van der Waals surface area contributed by atoms with Gasteiger partial charge in [-0.15, -0.1) is 0 Å². The number of carbonyl (C=O) groups excluding carboxylic acids is 1. The summed E-state index contributed by atoms with van der Waals surface area (Å²) >= 11 is 0. The molecular formula is C10H12N6O. The van der Waals surface area contributed by atoms with Crippen molar-refractivity contribution in [1.29, 1.82) is 0 Å². The number of hydrogen-bond donors (Lipinski definition) is 1. The van der Waals surface area contributed by atoms with Gasteiger partial charge in [-0.25, -0.2) is 20.4 Å². The molecule has 0 fully saturated rings. The van der Waals surface area contributed by atoms with Crippen molar-refractivity contribution in [2.24, 2.45) is 12.1 Å². The van der Waals surface area contributed by atoms with Crippen molar-refractivity contribution in [3.63, 3.8) is 0 Å². The first kappa shape index (κ1) is 11.2. The van der Waals surface area contributed by atoms with Crippen molar-refractivity contribution >= 4 is 22.8 Å². The molecule has 0 aliphatic heterocycles. The molecule has 2 rings (SSSR count). The molecule has 2 aromatic heterocycles. The lowest BCUT2D eigenvalue weighted by Crippen LogP contribution is -2.20. The van der Waals surface area contributed by atoms with E-state index in [0.717, 1.165) is 5.71 Å². The summed E-state index contributed by atoms with van der Waals surface area (Å²) in [5.41, 5.74) is 4.47. The molecule has 1 amide bonds. The maximum Gasteiger partial charge on any atom is 0.292 e. The average molecular weight is 232 g/mol. The lowest BCUT2D eigenvalue weighted by Gasteiger charge is -2.00. The molecule has 2 heterocycles. The molecule has 7 heteroatoms. The van der Waals surface area contributed by atoms with Crippen LogP contribution in [0.1, 0.15) is 24.3 Å². The highest BCUT2D eigenvalue weighted by Crippen LogP contribution is 2.11. The Labute approximate surface area is 97.6 Å². The molecular weight excluding hydrogens is 220 g/mol. The first-order valence-electron chi connectivity index (χ1n) is 5.03. The highest BCUT2D eigenvalue weighted by Gasteiger charge is 2.14. The third-order valence-corrected chi connectivity index (χ3v) is 2.09. The Bertz CT molecular complexity index is 596. The van der Waals surface area contributed by atoms with E-state index in [1.807, 2.05) is 0 Å². The largest absolute Gasteiger partial charge is 0.318 e. The molecule has 0 radical (unpaired) electrons. The molecule has 0 spiro atoms. The van der Waals surface area contributed by atoms with Crippen LogP contribution in [-0.2, 0) is 7.05 Å². The molecule has 0 bridgehead atoms. The van der Waals surface area contributed by atoms with E-state index in [-0.39, 0.29) is 5.69 Å². The van der Waals surface area contributed by atoms with Crippen molar-refractivity contribution in [2.75, 3.05) is 0 Å². The fourth-order valence-corrected chi connectivity index (χ4v) is 1.33. The van der Waals surface area contributed by atoms with E-state index in [0.29, 0.717) is 11.2 Å². The third-order valence-electron chi connectivity index (χ3n) is 2.09. The van der Waals surface area contributed by atoms with E-state index in [1.165, 1.54) is 6.33 Å². The third kappa shape index (κ3) is 2.12. The zero-order chi connectivity index (χ0) is 12.4. The summed E-state index contributed by atoms with van der Waals surface area (Å²) in [6.07, 6.45) is 2.92. The van der Waals surface area contributed by atoms with Gasteiger partial charge in [0.1, 0.15) is 11.8 Å². The number of amides is 1. The first-order valence-corrected chi connectivity index (χ1v) is 5.03. The molecule has 0 atom stereocenters. The van der Waals surface area contributed by atoms with Crippen LogP contribution in [0, 0.1) is 0 Å². The molecule has 0 aliphatic carbocycles. The normalized spacial score (nSPS) is 10.3. The van der Waals surface area contributed by atoms with Crippen molar-refractivity contribution in [3.8, 4) is 0 Å². The summed E-state index contributed by atoms with van der Waals surface area (Å²) in [6, 6.07) is 0. The van der Waals surface area contributed by atoms with Crippen LogP contribution in [0.15, 0.2) is 17.8 Å². The Hall–Kier alpha value is -2.31. The van der Waals surface area contributed by atoms with E-state index in [9.17, 15) is 4.79 Å². The van der Waals surface area contributed by atoms with Crippen LogP contribution < -0.4 is 5.43 Å². The Morgan fingerprint density at radius 3 is 2.82 bits per heavy atom. The number of carbonyl (C=O) groups is 1. The van der Waals surface area contributed by atoms with Gasteiger partial charge in [-0.2, -0.15) is 5.10 Å². The van der Waals surface area contributed by atoms with Gasteiger partial charge in [-0.05, 0) is 13.8 Å². The highest BCUT2D eigenvalue weighted by atomic mass is 16.2. The van der Waals surface area contributed by atoms with E-state index in [4.69, 9.17) is 0 Å². The molecule has 0 aliphatic rings. The van der Waals surface area contributed by atoms with Gasteiger partial charge in [0.15, 0.2) is 11.3 Å². The van der Waals surface area contributed by atoms with Gasteiger partial charge in [-0.3, -0.25) is 4.79 Å². The van der Waals surface area contributed by atoms with Gasteiger partial charge in [-0.1, -0.05) is 0 Å². The SMILES string of the molecule is CC(C)=NNC(=O)c1ncnc2c1ncn2C. The number of aromatic nitrogens is 4. The van der Waals surface area contributed by atoms with Crippen LogP contribution in [0.2, 0.25) is 0 Å². The number of fused-ring (bicyclic) bond motifs is 1. The van der Waals surface area contributed by atoms with Crippen LogP contribution >= 0.6 is 0 Å². The number of imidazole rings is 1. The second-order valence-electron chi connectivity index (χ2n) is 3.75. The predicted octanol–water partition coefficient (Wildman–Crippen LogP) is 0.489. The van der Waals surface area contributed by atoms with Gasteiger partial charge in [0.05, 0.1) is 6.33 Å². The summed E-state index contributed by atoms with van der Waals surface area (Å²) < 4.78 is 1.72. The highest BCUT2D eigenvalue weighted by molar-refractivity contribution is 6.02. The van der Waals surface area contributed by atoms with Gasteiger partial charge >= 0.3 is 0 Å². The molecule has 1 N–H and O–H groups in total. The Balaban J connectivity index is 2.42. The summed E-state index contributed by atoms with van der Waals surface area (Å²) in [5, 5.41) is 3.84. The fourth-order valence-electron chi connectivity index (χ4n) is 1.33. The monoisotopic (exact) mass is 232 g/mol. The number of hydrogen-bond acceptors (Lipinski definition) is 5. The zero-order valence-corrected chi connectivity index (χ0v) is 9.80. The molecule has 17 heavy (non-hydrogen) atoms. The van der Waals surface area contributed by atoms with Gasteiger partial charge < -0.3 is 4.57 Å². The van der Waals surface area contributed by atoms with Crippen LogP contribution in [0.4, 0.5) is 0 Å². The first-order chi connectivity index (χ1) is 8.09. The van der Waals surface area contributed by atoms with Crippen LogP contribution in [0.5, 0.6) is 0 Å². The number of aryl methyl sites for hydroxylation is 1. The average Bonchev–Trinajstić information content (AvgIpc) is 2.68. The maximum atomic E-state index is 11.8. The molecule has 88 valence electrons. The van der Waals surface area contributed by atoms with Gasteiger partial charge in [0.25, 0.3) is 5.91 Å². The van der Waals surface area contributed by atoms with Crippen molar-refractivity contribution < 1.29 is 4.79 Å². The number of rotatable bonds is 2. The maximum absolute atomic E-state index is 11.8. The lowest BCUT2D eigenvalue weighted by atomic mass is 10.3. The fraction of sp³-hybridized carbons (Fsp3) is 0.300. The van der Waals surface area contributed by atoms with Crippen LogP contribution in [-0.4, -0.2) is 31.1 Å². The molecule has 7 nitrogen and oxygen atoms in total. The molecule has 0 saturated heterocycles. The lowest BCUT2D eigenvalue weighted by molar-refractivity contribution is 0.0951. The predicted molar refractivity (Wildman–Crippen MR) is 62.6 cm³/mol. The Morgan fingerprint density at radius 2 is 2.12 bits per heavy atom. The standard InChI is InChI=1S/C10H12N6O/c1-6(2)14-15-10(17)8-7-9(12-4-11-8)16(3)5-13-7/h4-5H,1-3H3,(H,15,17). The van der Waals surface area contributed by atoms with Crippen LogP contribution in [0.3, 0.4) is 0 Å². The summed E-state index contributed by atoms with van der Waals surface area (Å²) in [5.74, 6) is -0.391. The van der Waals surface area contributed by atoms with E-state index < -0.39 is 5.91 Å². The summed E-state index contributed by atoms with van der Waals surface area (Å²) in [6.45, 7) is 3.58. The van der Waals surface area contributed by atoms with Crippen molar-refractivity contribution in [2.45, 2.75) is 13.8 Å². The quantitative estimate of drug-likeness (QED) is 0.603. The minimum absolute atomic E-state index is 0.223. The van der Waals surface area contributed by atoms with Crippen molar-refractivity contribution in [3.05, 3.63) is 18.3 Å². The Morgan fingerprint density at radius 1 is 1.35 bits per heavy atom. The van der Waals surface area contributed by atoms with Gasteiger partial charge in [0, 0.05) is 12.8 Å². The van der Waals surface area contributed by atoms with E-state index in [1.54, 1.807) is 31.8 Å². The number of nitrogens with one attached hydrogen (secondary N) is 1. The molecule has 2 aromatic rings. The molecule has 0 aromatic carbocycles. The smallest absolute Gasteiger partial charge is 0.292 e. The van der Waals surface area contributed by atoms with E-state index >= 15 is 0 Å².